The first-order chi connectivity index (χ1) is 16.6. The quantitative estimate of drug-likeness (QED) is 0.419. The lowest BCUT2D eigenvalue weighted by Crippen LogP contribution is -2.20. The molecule has 5 rings (SSSR count). The summed E-state index contributed by atoms with van der Waals surface area (Å²) < 4.78 is 25.8. The number of anilines is 1. The molecule has 4 aromatic rings. The van der Waals surface area contributed by atoms with Crippen LogP contribution < -0.4 is 10.1 Å². The Morgan fingerprint density at radius 3 is 2.47 bits per heavy atom. The molecule has 1 aliphatic rings. The SMILES string of the molecule is COC(=O)c1ccc(COc2ccc(C3C=C(c4ccc(F)cc4)Nc4ncnn43)cc2)cc1. The second-order valence-electron chi connectivity index (χ2n) is 7.73. The van der Waals surface area contributed by atoms with Crippen LogP contribution >= 0.6 is 0 Å². The highest BCUT2D eigenvalue weighted by Crippen LogP contribution is 2.32. The molecule has 8 heteroatoms. The molecule has 0 saturated heterocycles. The van der Waals surface area contributed by atoms with E-state index < -0.39 is 0 Å². The van der Waals surface area contributed by atoms with E-state index in [0.29, 0.717) is 18.1 Å². The van der Waals surface area contributed by atoms with Crippen LogP contribution in [-0.2, 0) is 11.3 Å². The Morgan fingerprint density at radius 2 is 1.76 bits per heavy atom. The zero-order valence-corrected chi connectivity index (χ0v) is 18.3. The highest BCUT2D eigenvalue weighted by atomic mass is 19.1. The topological polar surface area (TPSA) is 78.3 Å². The molecule has 0 amide bonds. The maximum atomic E-state index is 13.4. The number of benzene rings is 3. The van der Waals surface area contributed by atoms with Gasteiger partial charge in [0, 0.05) is 5.70 Å². The lowest BCUT2D eigenvalue weighted by Gasteiger charge is -2.24. The number of halogens is 1. The highest BCUT2D eigenvalue weighted by Gasteiger charge is 2.23. The van der Waals surface area contributed by atoms with Crippen LogP contribution in [0.25, 0.3) is 5.70 Å². The van der Waals surface area contributed by atoms with Gasteiger partial charge in [-0.05, 0) is 71.3 Å². The lowest BCUT2D eigenvalue weighted by molar-refractivity contribution is 0.0600. The number of ether oxygens (including phenoxy) is 2. The van der Waals surface area contributed by atoms with E-state index in [2.05, 4.69) is 15.4 Å². The summed E-state index contributed by atoms with van der Waals surface area (Å²) in [7, 11) is 1.36. The maximum absolute atomic E-state index is 13.4. The summed E-state index contributed by atoms with van der Waals surface area (Å²) in [4.78, 5) is 15.9. The van der Waals surface area contributed by atoms with Crippen molar-refractivity contribution in [1.29, 1.82) is 0 Å². The monoisotopic (exact) mass is 456 g/mol. The molecule has 1 atom stereocenters. The number of fused-ring (bicyclic) bond motifs is 1. The molecule has 0 radical (unpaired) electrons. The van der Waals surface area contributed by atoms with Crippen molar-refractivity contribution in [3.8, 4) is 5.75 Å². The number of rotatable bonds is 6. The van der Waals surface area contributed by atoms with E-state index >= 15 is 0 Å². The van der Waals surface area contributed by atoms with E-state index in [-0.39, 0.29) is 17.8 Å². The molecule has 0 aliphatic carbocycles. The second kappa shape index (κ2) is 9.19. The van der Waals surface area contributed by atoms with E-state index in [0.717, 1.165) is 28.1 Å². The van der Waals surface area contributed by atoms with Crippen LogP contribution in [-0.4, -0.2) is 27.8 Å². The molecule has 1 unspecified atom stereocenters. The van der Waals surface area contributed by atoms with E-state index in [1.807, 2.05) is 42.5 Å². The number of carbonyl (C=O) groups is 1. The fourth-order valence-corrected chi connectivity index (χ4v) is 3.75. The molecular formula is C26H21FN4O3. The largest absolute Gasteiger partial charge is 0.489 e. The molecule has 0 fully saturated rings. The highest BCUT2D eigenvalue weighted by molar-refractivity contribution is 5.89. The van der Waals surface area contributed by atoms with Gasteiger partial charge in [0.1, 0.15) is 30.5 Å². The van der Waals surface area contributed by atoms with E-state index in [1.165, 1.54) is 25.6 Å². The molecular weight excluding hydrogens is 435 g/mol. The van der Waals surface area contributed by atoms with Gasteiger partial charge in [-0.15, -0.1) is 0 Å². The first-order valence-electron chi connectivity index (χ1n) is 10.6. The Balaban J connectivity index is 1.32. The minimum Gasteiger partial charge on any atom is -0.489 e. The smallest absolute Gasteiger partial charge is 0.337 e. The normalized spacial score (nSPS) is 14.5. The maximum Gasteiger partial charge on any atom is 0.337 e. The van der Waals surface area contributed by atoms with Crippen LogP contribution in [0.3, 0.4) is 0 Å². The number of nitrogens with zero attached hydrogens (tertiary/aromatic N) is 3. The van der Waals surface area contributed by atoms with Crippen molar-refractivity contribution < 1.29 is 18.7 Å². The molecule has 1 aromatic heterocycles. The molecule has 1 N–H and O–H groups in total. The predicted octanol–water partition coefficient (Wildman–Crippen LogP) is 4.84. The van der Waals surface area contributed by atoms with Crippen LogP contribution in [0.4, 0.5) is 10.3 Å². The number of esters is 1. The van der Waals surface area contributed by atoms with Crippen molar-refractivity contribution >= 4 is 17.6 Å². The predicted molar refractivity (Wildman–Crippen MR) is 125 cm³/mol. The summed E-state index contributed by atoms with van der Waals surface area (Å²) in [6.07, 6.45) is 3.54. The number of hydrogen-bond acceptors (Lipinski definition) is 6. The Morgan fingerprint density at radius 1 is 1.03 bits per heavy atom. The minimum absolute atomic E-state index is 0.182. The van der Waals surface area contributed by atoms with Gasteiger partial charge in [-0.25, -0.2) is 13.9 Å². The zero-order chi connectivity index (χ0) is 23.5. The van der Waals surface area contributed by atoms with Crippen LogP contribution in [0.1, 0.15) is 33.1 Å². The number of methoxy groups -OCH3 is 1. The summed E-state index contributed by atoms with van der Waals surface area (Å²) >= 11 is 0. The fourth-order valence-electron chi connectivity index (χ4n) is 3.75. The Hall–Kier alpha value is -4.46. The van der Waals surface area contributed by atoms with E-state index in [1.54, 1.807) is 28.9 Å². The molecule has 3 aromatic carbocycles. The fraction of sp³-hybridized carbons (Fsp3) is 0.115. The van der Waals surface area contributed by atoms with Crippen molar-refractivity contribution in [1.82, 2.24) is 14.8 Å². The third-order valence-electron chi connectivity index (χ3n) is 5.56. The average molecular weight is 456 g/mol. The Labute approximate surface area is 195 Å². The molecule has 0 bridgehead atoms. The van der Waals surface area contributed by atoms with Crippen LogP contribution in [0.2, 0.25) is 0 Å². The number of carbonyl (C=O) groups excluding carboxylic acids is 1. The third-order valence-corrected chi connectivity index (χ3v) is 5.56. The van der Waals surface area contributed by atoms with Crippen LogP contribution in [0, 0.1) is 5.82 Å². The number of hydrogen-bond donors (Lipinski definition) is 1. The molecule has 0 spiro atoms. The molecule has 0 saturated carbocycles. The van der Waals surface area contributed by atoms with Gasteiger partial charge in [-0.3, -0.25) is 0 Å². The van der Waals surface area contributed by atoms with Crippen molar-refractivity contribution in [2.24, 2.45) is 0 Å². The third kappa shape index (κ3) is 4.38. The van der Waals surface area contributed by atoms with Crippen molar-refractivity contribution in [3.05, 3.63) is 113 Å². The minimum atomic E-state index is -0.367. The van der Waals surface area contributed by atoms with Crippen LogP contribution in [0.15, 0.2) is 85.2 Å². The first kappa shape index (κ1) is 21.4. The van der Waals surface area contributed by atoms with Gasteiger partial charge < -0.3 is 14.8 Å². The van der Waals surface area contributed by atoms with Crippen LogP contribution in [0.5, 0.6) is 5.75 Å². The number of nitrogens with one attached hydrogen (secondary N) is 1. The van der Waals surface area contributed by atoms with E-state index in [4.69, 9.17) is 9.47 Å². The van der Waals surface area contributed by atoms with Gasteiger partial charge >= 0.3 is 5.97 Å². The van der Waals surface area contributed by atoms with Gasteiger partial charge in [-0.1, -0.05) is 24.3 Å². The average Bonchev–Trinajstić information content (AvgIpc) is 3.36. The summed E-state index contributed by atoms with van der Waals surface area (Å²) in [6.45, 7) is 0.371. The standard InChI is InChI=1S/C26H21FN4O3/c1-33-25(32)20-4-2-17(3-5-20)15-34-22-12-8-19(9-13-22)24-14-23(18-6-10-21(27)11-7-18)30-26-28-16-29-31(24)26/h2-14,16,24H,15H2,1H3,(H,28,29,30). The second-order valence-corrected chi connectivity index (χ2v) is 7.73. The van der Waals surface area contributed by atoms with Gasteiger partial charge in [0.05, 0.1) is 12.7 Å². The summed E-state index contributed by atoms with van der Waals surface area (Å²) in [5.74, 6) is 0.682. The Bertz CT molecular complexity index is 1330. The van der Waals surface area contributed by atoms with Gasteiger partial charge in [0.2, 0.25) is 5.95 Å². The first-order valence-corrected chi connectivity index (χ1v) is 10.6. The van der Waals surface area contributed by atoms with E-state index in [9.17, 15) is 9.18 Å². The van der Waals surface area contributed by atoms with Gasteiger partial charge in [-0.2, -0.15) is 10.1 Å². The Kier molecular flexibility index (Phi) is 5.78. The van der Waals surface area contributed by atoms with Crippen molar-refractivity contribution in [2.75, 3.05) is 12.4 Å². The van der Waals surface area contributed by atoms with Gasteiger partial charge in [0.25, 0.3) is 0 Å². The summed E-state index contributed by atoms with van der Waals surface area (Å²) in [5.41, 5.74) is 4.13. The molecule has 2 heterocycles. The van der Waals surface area contributed by atoms with Gasteiger partial charge in [0.15, 0.2) is 0 Å². The number of allylic oxidation sites excluding steroid dienone is 1. The number of aromatic nitrogens is 3. The molecule has 170 valence electrons. The summed E-state index contributed by atoms with van der Waals surface area (Å²) in [6, 6.07) is 21.0. The van der Waals surface area contributed by atoms with Crippen molar-refractivity contribution in [2.45, 2.75) is 12.6 Å². The zero-order valence-electron chi connectivity index (χ0n) is 18.3. The molecule has 34 heavy (non-hydrogen) atoms. The lowest BCUT2D eigenvalue weighted by atomic mass is 10.0. The van der Waals surface area contributed by atoms with Crippen molar-refractivity contribution in [3.63, 3.8) is 0 Å². The molecule has 7 nitrogen and oxygen atoms in total. The summed E-state index contributed by atoms with van der Waals surface area (Å²) in [5, 5.41) is 7.61. The molecule has 1 aliphatic heterocycles.